The van der Waals surface area contributed by atoms with E-state index in [1.165, 1.54) is 29.8 Å². The summed E-state index contributed by atoms with van der Waals surface area (Å²) in [5, 5.41) is 0. The van der Waals surface area contributed by atoms with E-state index in [0.29, 0.717) is 17.3 Å². The summed E-state index contributed by atoms with van der Waals surface area (Å²) in [6, 6.07) is 24.8. The van der Waals surface area contributed by atoms with Crippen molar-refractivity contribution in [2.24, 2.45) is 5.92 Å². The summed E-state index contributed by atoms with van der Waals surface area (Å²) < 4.78 is 60.8. The zero-order valence-electron chi connectivity index (χ0n) is 32.3. The van der Waals surface area contributed by atoms with E-state index in [0.717, 1.165) is 127 Å². The maximum absolute atomic E-state index is 15.2. The molecule has 0 saturated carbocycles. The zero-order chi connectivity index (χ0) is 38.1. The molecule has 2 aliphatic rings. The third kappa shape index (κ3) is 7.31. The fraction of sp³-hybridized carbons (Fsp3) is 0.362. The van der Waals surface area contributed by atoms with Crippen molar-refractivity contribution in [3.05, 3.63) is 125 Å². The summed E-state index contributed by atoms with van der Waals surface area (Å²) >= 11 is 0. The molecule has 0 aromatic heterocycles. The first-order valence-corrected chi connectivity index (χ1v) is 20.1. The highest BCUT2D eigenvalue weighted by atomic mass is 19.1. The number of aryl methyl sites for hydroxylation is 2. The van der Waals surface area contributed by atoms with Crippen LogP contribution in [0.2, 0.25) is 0 Å². The van der Waals surface area contributed by atoms with Gasteiger partial charge in [-0.3, -0.25) is 0 Å². The molecule has 0 spiro atoms. The highest BCUT2D eigenvalue weighted by Gasteiger charge is 2.44. The van der Waals surface area contributed by atoms with Crippen LogP contribution in [0.15, 0.2) is 84.9 Å². The number of nitrogens with zero attached hydrogens (tertiary/aromatic N) is 2. The lowest BCUT2D eigenvalue weighted by Gasteiger charge is -2.45. The summed E-state index contributed by atoms with van der Waals surface area (Å²) in [5.74, 6) is -1.84. The van der Waals surface area contributed by atoms with Gasteiger partial charge in [-0.25, -0.2) is 17.6 Å². The highest BCUT2D eigenvalue weighted by Crippen LogP contribution is 2.47. The quantitative estimate of drug-likeness (QED) is 0.0812. The fourth-order valence-electron chi connectivity index (χ4n) is 9.03. The molecule has 5 aromatic carbocycles. The van der Waals surface area contributed by atoms with Gasteiger partial charge < -0.3 is 9.80 Å². The number of rotatable bonds is 14. The normalized spacial score (nSPS) is 14.1. The molecule has 0 saturated heterocycles. The van der Waals surface area contributed by atoms with Crippen LogP contribution in [0.5, 0.6) is 0 Å². The summed E-state index contributed by atoms with van der Waals surface area (Å²) in [6.45, 7) is 10.7. The lowest BCUT2D eigenvalue weighted by atomic mass is 9.33. The Labute approximate surface area is 319 Å². The van der Waals surface area contributed by atoms with Crippen molar-refractivity contribution in [3.63, 3.8) is 0 Å². The molecule has 0 fully saturated rings. The second-order valence-electron chi connectivity index (χ2n) is 15.5. The predicted octanol–water partition coefficient (Wildman–Crippen LogP) is 12.5. The maximum Gasteiger partial charge on any atom is 0.252 e. The van der Waals surface area contributed by atoms with E-state index in [-0.39, 0.29) is 12.6 Å². The summed E-state index contributed by atoms with van der Waals surface area (Å²) in [7, 11) is 0. The van der Waals surface area contributed by atoms with E-state index < -0.39 is 23.3 Å². The van der Waals surface area contributed by atoms with Crippen molar-refractivity contribution in [1.29, 1.82) is 0 Å². The van der Waals surface area contributed by atoms with E-state index in [1.54, 1.807) is 0 Å². The van der Waals surface area contributed by atoms with Crippen LogP contribution >= 0.6 is 0 Å². The molecule has 280 valence electrons. The van der Waals surface area contributed by atoms with E-state index in [9.17, 15) is 0 Å². The topological polar surface area (TPSA) is 6.48 Å². The molecule has 0 bridgehead atoms. The molecule has 0 radical (unpaired) electrons. The van der Waals surface area contributed by atoms with Gasteiger partial charge in [-0.2, -0.15) is 0 Å². The second-order valence-corrected chi connectivity index (χ2v) is 15.5. The van der Waals surface area contributed by atoms with Crippen molar-refractivity contribution < 1.29 is 17.6 Å². The Hall–Kier alpha value is -4.52. The molecule has 0 amide bonds. The Morgan fingerprint density at radius 3 is 1.67 bits per heavy atom. The number of halogens is 4. The number of fused-ring (bicyclic) bond motifs is 4. The smallest absolute Gasteiger partial charge is 0.252 e. The Morgan fingerprint density at radius 2 is 1.13 bits per heavy atom. The SMILES string of the molecule is CCCCc1ccc2c(c1)B1c3cc(C)ccc3N(c3cc(F)cc(F)c3)c3cc(C(CCCC)CC(CC)CCC)cc(c31)N2c1cc(F)cc(F)c1. The van der Waals surface area contributed by atoms with E-state index >= 15 is 17.6 Å². The molecular weight excluding hydrogens is 679 g/mol. The second kappa shape index (κ2) is 16.1. The van der Waals surface area contributed by atoms with Crippen molar-refractivity contribution in [2.45, 2.75) is 105 Å². The largest absolute Gasteiger partial charge is 0.311 e. The van der Waals surface area contributed by atoms with Crippen LogP contribution in [-0.2, 0) is 6.42 Å². The van der Waals surface area contributed by atoms with Crippen molar-refractivity contribution >= 4 is 57.2 Å². The number of unbranched alkanes of at least 4 members (excludes halogenated alkanes) is 2. The van der Waals surface area contributed by atoms with Gasteiger partial charge in [-0.05, 0) is 120 Å². The highest BCUT2D eigenvalue weighted by molar-refractivity contribution is 7.00. The predicted molar refractivity (Wildman–Crippen MR) is 219 cm³/mol. The maximum atomic E-state index is 15.2. The average Bonchev–Trinajstić information content (AvgIpc) is 3.14. The molecule has 7 heteroatoms. The van der Waals surface area contributed by atoms with Crippen LogP contribution in [0, 0.1) is 36.1 Å². The molecule has 0 N–H and O–H groups in total. The van der Waals surface area contributed by atoms with Gasteiger partial charge in [0.25, 0.3) is 6.71 Å². The van der Waals surface area contributed by atoms with E-state index in [1.807, 2.05) is 9.80 Å². The van der Waals surface area contributed by atoms with Gasteiger partial charge in [-0.15, -0.1) is 0 Å². The van der Waals surface area contributed by atoms with Crippen LogP contribution in [0.1, 0.15) is 108 Å². The van der Waals surface area contributed by atoms with Crippen LogP contribution < -0.4 is 26.2 Å². The molecular formula is C47H51BF4N2. The average molecular weight is 731 g/mol. The molecule has 2 unspecified atom stereocenters. The minimum atomic E-state index is -0.653. The van der Waals surface area contributed by atoms with Crippen molar-refractivity contribution in [3.8, 4) is 0 Å². The van der Waals surface area contributed by atoms with Crippen molar-refractivity contribution in [2.75, 3.05) is 9.80 Å². The zero-order valence-corrected chi connectivity index (χ0v) is 32.3. The lowest BCUT2D eigenvalue weighted by Crippen LogP contribution is -2.61. The number of hydrogen-bond acceptors (Lipinski definition) is 2. The molecule has 2 aliphatic heterocycles. The minimum absolute atomic E-state index is 0.218. The third-order valence-corrected chi connectivity index (χ3v) is 11.6. The summed E-state index contributed by atoms with van der Waals surface area (Å²) in [6.07, 6.45) is 10.5. The van der Waals surface area contributed by atoms with Gasteiger partial charge in [0, 0.05) is 34.9 Å². The van der Waals surface area contributed by atoms with E-state index in [4.69, 9.17) is 0 Å². The van der Waals surface area contributed by atoms with Gasteiger partial charge >= 0.3 is 0 Å². The van der Waals surface area contributed by atoms with E-state index in [2.05, 4.69) is 83.1 Å². The first-order valence-electron chi connectivity index (χ1n) is 20.1. The van der Waals surface area contributed by atoms with Crippen LogP contribution in [0.4, 0.5) is 51.7 Å². The van der Waals surface area contributed by atoms with Gasteiger partial charge in [0.1, 0.15) is 23.3 Å². The Bertz CT molecular complexity index is 2090. The summed E-state index contributed by atoms with van der Waals surface area (Å²) in [5.41, 5.74) is 10.6. The van der Waals surface area contributed by atoms with Crippen LogP contribution in [-0.4, -0.2) is 6.71 Å². The molecule has 2 nitrogen and oxygen atoms in total. The molecule has 7 rings (SSSR count). The first kappa shape index (κ1) is 37.8. The van der Waals surface area contributed by atoms with Gasteiger partial charge in [0.2, 0.25) is 0 Å². The van der Waals surface area contributed by atoms with Crippen molar-refractivity contribution in [1.82, 2.24) is 0 Å². The Balaban J connectivity index is 1.59. The number of anilines is 6. The molecule has 0 aliphatic carbocycles. The Morgan fingerprint density at radius 1 is 0.574 bits per heavy atom. The standard InChI is InChI=1S/C47H51BF4N2/c1-6-10-13-32-16-18-44-42(21-32)48-41-19-30(5)15-17-43(41)53(39-26-35(49)24-36(50)27-39)45-22-34(33(14-11-7-2)20-31(9-4)12-8-3)23-46(47(45)48)54(44)40-28-37(51)25-38(52)29-40/h15-19,21-29,31,33H,6-14,20H2,1-5H3. The number of hydrogen-bond donors (Lipinski definition) is 0. The Kier molecular flexibility index (Phi) is 11.2. The molecule has 5 aromatic rings. The third-order valence-electron chi connectivity index (χ3n) is 11.6. The van der Waals surface area contributed by atoms with Gasteiger partial charge in [0.05, 0.1) is 11.4 Å². The summed E-state index contributed by atoms with van der Waals surface area (Å²) in [4.78, 5) is 4.03. The molecule has 54 heavy (non-hydrogen) atoms. The fourth-order valence-corrected chi connectivity index (χ4v) is 9.03. The monoisotopic (exact) mass is 730 g/mol. The number of benzene rings is 5. The molecule has 2 heterocycles. The van der Waals surface area contributed by atoms with Gasteiger partial charge in [0.15, 0.2) is 0 Å². The van der Waals surface area contributed by atoms with Crippen LogP contribution in [0.25, 0.3) is 0 Å². The first-order chi connectivity index (χ1) is 26.1. The van der Waals surface area contributed by atoms with Gasteiger partial charge in [-0.1, -0.05) is 96.0 Å². The molecule has 2 atom stereocenters. The lowest BCUT2D eigenvalue weighted by molar-refractivity contribution is 0.377. The minimum Gasteiger partial charge on any atom is -0.311 e. The van der Waals surface area contributed by atoms with Crippen LogP contribution in [0.3, 0.4) is 0 Å².